The fourth-order valence-electron chi connectivity index (χ4n) is 2.63. The van der Waals surface area contributed by atoms with Crippen LogP contribution in [-0.4, -0.2) is 44.9 Å². The molecule has 2 rings (SSSR count). The van der Waals surface area contributed by atoms with Gasteiger partial charge in [0.1, 0.15) is 12.4 Å². The van der Waals surface area contributed by atoms with Crippen molar-refractivity contribution >= 4 is 0 Å². The lowest BCUT2D eigenvalue weighted by molar-refractivity contribution is 0.0928. The summed E-state index contributed by atoms with van der Waals surface area (Å²) in [6.45, 7) is 5.54. The predicted octanol–water partition coefficient (Wildman–Crippen LogP) is 1.88. The Labute approximate surface area is 121 Å². The summed E-state index contributed by atoms with van der Waals surface area (Å²) in [5.41, 5.74) is 6.71. The molecule has 112 valence electrons. The number of hydrogen-bond acceptors (Lipinski definition) is 4. The Morgan fingerprint density at radius 2 is 1.90 bits per heavy atom. The topological polar surface area (TPSA) is 47.7 Å². The van der Waals surface area contributed by atoms with Crippen LogP contribution < -0.4 is 10.5 Å². The zero-order valence-corrected chi connectivity index (χ0v) is 12.4. The molecule has 0 atom stereocenters. The molecule has 0 spiro atoms. The van der Waals surface area contributed by atoms with Crippen molar-refractivity contribution in [2.75, 3.05) is 40.0 Å². The summed E-state index contributed by atoms with van der Waals surface area (Å²) in [7, 11) is 1.79. The van der Waals surface area contributed by atoms with Gasteiger partial charge in [-0.2, -0.15) is 0 Å². The van der Waals surface area contributed by atoms with Crippen LogP contribution in [0, 0.1) is 5.92 Å². The zero-order chi connectivity index (χ0) is 14.2. The van der Waals surface area contributed by atoms with Gasteiger partial charge in [-0.25, -0.2) is 0 Å². The van der Waals surface area contributed by atoms with Crippen molar-refractivity contribution in [2.45, 2.75) is 19.4 Å². The lowest BCUT2D eigenvalue weighted by Crippen LogP contribution is -2.37. The summed E-state index contributed by atoms with van der Waals surface area (Å²) in [4.78, 5) is 2.47. The molecule has 1 heterocycles. The number of nitrogens with two attached hydrogens (primary N) is 1. The van der Waals surface area contributed by atoms with Crippen LogP contribution in [0.5, 0.6) is 5.75 Å². The molecule has 0 saturated carbocycles. The summed E-state index contributed by atoms with van der Waals surface area (Å²) < 4.78 is 11.0. The second-order valence-corrected chi connectivity index (χ2v) is 5.44. The lowest BCUT2D eigenvalue weighted by Gasteiger charge is -2.31. The van der Waals surface area contributed by atoms with Gasteiger partial charge in [-0.3, -0.25) is 4.90 Å². The maximum atomic E-state index is 5.78. The van der Waals surface area contributed by atoms with Crippen molar-refractivity contribution in [3.05, 3.63) is 29.8 Å². The number of benzene rings is 1. The average molecular weight is 278 g/mol. The van der Waals surface area contributed by atoms with E-state index in [1.807, 2.05) is 24.3 Å². The molecule has 0 aliphatic carbocycles. The second kappa shape index (κ2) is 8.25. The van der Waals surface area contributed by atoms with Gasteiger partial charge < -0.3 is 15.2 Å². The Balaban J connectivity index is 1.63. The summed E-state index contributed by atoms with van der Waals surface area (Å²) in [6, 6.07) is 8.02. The third kappa shape index (κ3) is 4.78. The van der Waals surface area contributed by atoms with E-state index in [4.69, 9.17) is 15.2 Å². The van der Waals surface area contributed by atoms with Gasteiger partial charge in [0.2, 0.25) is 0 Å². The van der Waals surface area contributed by atoms with Crippen molar-refractivity contribution in [1.29, 1.82) is 0 Å². The molecule has 1 aromatic carbocycles. The van der Waals surface area contributed by atoms with E-state index in [0.29, 0.717) is 6.54 Å². The van der Waals surface area contributed by atoms with Gasteiger partial charge in [0, 0.05) is 26.8 Å². The standard InChI is InChI=1S/C16H26N2O2/c1-19-13-15-6-8-18(9-7-15)10-11-20-16-4-2-14(12-17)3-5-16/h2-5,15H,6-13,17H2,1H3. The van der Waals surface area contributed by atoms with Gasteiger partial charge in [0.15, 0.2) is 0 Å². The highest BCUT2D eigenvalue weighted by Gasteiger charge is 2.18. The molecule has 1 aromatic rings. The molecule has 0 aromatic heterocycles. The van der Waals surface area contributed by atoms with Gasteiger partial charge in [0.25, 0.3) is 0 Å². The zero-order valence-electron chi connectivity index (χ0n) is 12.4. The molecule has 1 aliphatic rings. The minimum absolute atomic E-state index is 0.580. The van der Waals surface area contributed by atoms with Crippen LogP contribution in [0.25, 0.3) is 0 Å². The monoisotopic (exact) mass is 278 g/mol. The Kier molecular flexibility index (Phi) is 6.30. The molecule has 4 nitrogen and oxygen atoms in total. The highest BCUT2D eigenvalue weighted by molar-refractivity contribution is 5.27. The second-order valence-electron chi connectivity index (χ2n) is 5.44. The van der Waals surface area contributed by atoms with Gasteiger partial charge >= 0.3 is 0 Å². The van der Waals surface area contributed by atoms with E-state index in [-0.39, 0.29) is 0 Å². The summed E-state index contributed by atoms with van der Waals surface area (Å²) in [5, 5.41) is 0. The summed E-state index contributed by atoms with van der Waals surface area (Å²) in [6.07, 6.45) is 2.47. The Morgan fingerprint density at radius 1 is 1.20 bits per heavy atom. The van der Waals surface area contributed by atoms with Gasteiger partial charge in [-0.1, -0.05) is 12.1 Å². The molecule has 0 unspecified atom stereocenters. The molecule has 0 radical (unpaired) electrons. The molecule has 1 saturated heterocycles. The smallest absolute Gasteiger partial charge is 0.119 e. The number of ether oxygens (including phenoxy) is 2. The molecule has 0 bridgehead atoms. The molecule has 2 N–H and O–H groups in total. The van der Waals surface area contributed by atoms with Crippen molar-refractivity contribution < 1.29 is 9.47 Å². The number of likely N-dealkylation sites (tertiary alicyclic amines) is 1. The van der Waals surface area contributed by atoms with E-state index in [1.165, 1.54) is 12.8 Å². The third-order valence-electron chi connectivity index (χ3n) is 3.94. The van der Waals surface area contributed by atoms with E-state index >= 15 is 0 Å². The van der Waals surface area contributed by atoms with E-state index in [2.05, 4.69) is 4.90 Å². The first-order valence-electron chi connectivity index (χ1n) is 7.45. The van der Waals surface area contributed by atoms with Gasteiger partial charge in [0.05, 0.1) is 0 Å². The van der Waals surface area contributed by atoms with E-state index in [1.54, 1.807) is 7.11 Å². The molecular weight excluding hydrogens is 252 g/mol. The molecular formula is C16H26N2O2. The van der Waals surface area contributed by atoms with Crippen molar-refractivity contribution in [3.8, 4) is 5.75 Å². The molecule has 1 aliphatic heterocycles. The van der Waals surface area contributed by atoms with Crippen LogP contribution in [-0.2, 0) is 11.3 Å². The van der Waals surface area contributed by atoms with E-state index in [0.717, 1.165) is 50.1 Å². The van der Waals surface area contributed by atoms with Gasteiger partial charge in [-0.05, 0) is 49.5 Å². The largest absolute Gasteiger partial charge is 0.492 e. The molecule has 1 fully saturated rings. The highest BCUT2D eigenvalue weighted by Crippen LogP contribution is 2.17. The van der Waals surface area contributed by atoms with Crippen LogP contribution in [0.4, 0.5) is 0 Å². The number of piperidine rings is 1. The Hall–Kier alpha value is -1.10. The minimum Gasteiger partial charge on any atom is -0.492 e. The highest BCUT2D eigenvalue weighted by atomic mass is 16.5. The van der Waals surface area contributed by atoms with E-state index < -0.39 is 0 Å². The number of hydrogen-bond donors (Lipinski definition) is 1. The SMILES string of the molecule is COCC1CCN(CCOc2ccc(CN)cc2)CC1. The van der Waals surface area contributed by atoms with E-state index in [9.17, 15) is 0 Å². The number of rotatable bonds is 7. The van der Waals surface area contributed by atoms with Gasteiger partial charge in [-0.15, -0.1) is 0 Å². The lowest BCUT2D eigenvalue weighted by atomic mass is 9.98. The third-order valence-corrected chi connectivity index (χ3v) is 3.94. The Morgan fingerprint density at radius 3 is 2.50 bits per heavy atom. The normalized spacial score (nSPS) is 17.3. The van der Waals surface area contributed by atoms with Crippen LogP contribution in [0.3, 0.4) is 0 Å². The molecule has 20 heavy (non-hydrogen) atoms. The Bertz CT molecular complexity index is 373. The van der Waals surface area contributed by atoms with Crippen molar-refractivity contribution in [1.82, 2.24) is 4.90 Å². The van der Waals surface area contributed by atoms with Crippen molar-refractivity contribution in [3.63, 3.8) is 0 Å². The first-order valence-corrected chi connectivity index (χ1v) is 7.45. The minimum atomic E-state index is 0.580. The van der Waals surface area contributed by atoms with Crippen LogP contribution in [0.1, 0.15) is 18.4 Å². The number of nitrogens with zero attached hydrogens (tertiary/aromatic N) is 1. The fraction of sp³-hybridized carbons (Fsp3) is 0.625. The van der Waals surface area contributed by atoms with Crippen LogP contribution >= 0.6 is 0 Å². The average Bonchev–Trinajstić information content (AvgIpc) is 2.50. The van der Waals surface area contributed by atoms with Crippen LogP contribution in [0.2, 0.25) is 0 Å². The van der Waals surface area contributed by atoms with Crippen LogP contribution in [0.15, 0.2) is 24.3 Å². The first kappa shape index (κ1) is 15.3. The molecule has 4 heteroatoms. The first-order chi connectivity index (χ1) is 9.81. The maximum Gasteiger partial charge on any atom is 0.119 e. The summed E-state index contributed by atoms with van der Waals surface area (Å²) >= 11 is 0. The maximum absolute atomic E-state index is 5.78. The number of methoxy groups -OCH3 is 1. The summed E-state index contributed by atoms with van der Waals surface area (Å²) in [5.74, 6) is 1.66. The van der Waals surface area contributed by atoms with Crippen molar-refractivity contribution in [2.24, 2.45) is 11.7 Å². The predicted molar refractivity (Wildman–Crippen MR) is 80.9 cm³/mol. The fourth-order valence-corrected chi connectivity index (χ4v) is 2.63. The quantitative estimate of drug-likeness (QED) is 0.827. The molecule has 0 amide bonds.